The fourth-order valence-electron chi connectivity index (χ4n) is 1.72. The molecule has 2 N–H and O–H groups in total. The Kier molecular flexibility index (Phi) is 2.68. The number of hydrogen-bond acceptors (Lipinski definition) is 4. The quantitative estimate of drug-likeness (QED) is 0.724. The molecule has 0 saturated carbocycles. The summed E-state index contributed by atoms with van der Waals surface area (Å²) in [6, 6.07) is 4.22. The van der Waals surface area contributed by atoms with Crippen molar-refractivity contribution in [1.29, 1.82) is 0 Å². The third kappa shape index (κ3) is 2.33. The second kappa shape index (κ2) is 3.98. The first-order valence-corrected chi connectivity index (χ1v) is 5.10. The molecular formula is C11H16N4. The van der Waals surface area contributed by atoms with Crippen LogP contribution in [-0.4, -0.2) is 41.8 Å². The first kappa shape index (κ1) is 10.1. The normalized spacial score (nSPS) is 18.9. The Morgan fingerprint density at radius 1 is 1.53 bits per heavy atom. The smallest absolute Gasteiger partial charge is 0.123 e. The van der Waals surface area contributed by atoms with E-state index in [-0.39, 0.29) is 0 Å². The van der Waals surface area contributed by atoms with E-state index >= 15 is 0 Å². The molecule has 4 heteroatoms. The number of aliphatic imine (C=N–C) groups is 1. The lowest BCUT2D eigenvalue weighted by Crippen LogP contribution is -2.47. The number of anilines is 1. The van der Waals surface area contributed by atoms with E-state index in [1.165, 1.54) is 0 Å². The van der Waals surface area contributed by atoms with Gasteiger partial charge < -0.3 is 10.6 Å². The van der Waals surface area contributed by atoms with Gasteiger partial charge in [0.2, 0.25) is 0 Å². The van der Waals surface area contributed by atoms with Crippen molar-refractivity contribution in [2.24, 2.45) is 4.99 Å². The molecule has 15 heavy (non-hydrogen) atoms. The maximum absolute atomic E-state index is 5.53. The molecule has 0 radical (unpaired) electrons. The van der Waals surface area contributed by atoms with Crippen LogP contribution >= 0.6 is 0 Å². The first-order valence-electron chi connectivity index (χ1n) is 5.10. The number of rotatable bonds is 2. The van der Waals surface area contributed by atoms with Crippen LogP contribution in [0.1, 0.15) is 12.5 Å². The highest BCUT2D eigenvalue weighted by atomic mass is 15.2. The molecule has 1 aromatic heterocycles. The number of nitrogens with two attached hydrogens (primary N) is 1. The average Bonchev–Trinajstić information content (AvgIpc) is 2.16. The van der Waals surface area contributed by atoms with Crippen LogP contribution in [0.5, 0.6) is 0 Å². The van der Waals surface area contributed by atoms with Crippen molar-refractivity contribution in [3.63, 3.8) is 0 Å². The zero-order valence-electron chi connectivity index (χ0n) is 9.14. The van der Waals surface area contributed by atoms with Gasteiger partial charge in [0.1, 0.15) is 5.82 Å². The van der Waals surface area contributed by atoms with Crippen LogP contribution in [0.2, 0.25) is 0 Å². The minimum atomic E-state index is 0.451. The molecule has 0 unspecified atom stereocenters. The lowest BCUT2D eigenvalue weighted by Gasteiger charge is -2.33. The Labute approximate surface area is 89.8 Å². The zero-order valence-corrected chi connectivity index (χ0v) is 9.14. The number of hydrogen-bond donors (Lipinski definition) is 1. The molecular weight excluding hydrogens is 188 g/mol. The van der Waals surface area contributed by atoms with Crippen molar-refractivity contribution in [2.45, 2.75) is 13.0 Å². The van der Waals surface area contributed by atoms with Crippen LogP contribution in [0.4, 0.5) is 5.82 Å². The summed E-state index contributed by atoms with van der Waals surface area (Å²) in [6.45, 7) is 4.13. The molecule has 4 nitrogen and oxygen atoms in total. The maximum Gasteiger partial charge on any atom is 0.123 e. The van der Waals surface area contributed by atoms with Gasteiger partial charge in [-0.1, -0.05) is 0 Å². The number of likely N-dealkylation sites (N-methyl/N-ethyl adjacent to an activating group) is 1. The van der Waals surface area contributed by atoms with Crippen molar-refractivity contribution in [3.8, 4) is 0 Å². The molecule has 1 aliphatic rings. The van der Waals surface area contributed by atoms with E-state index in [0.717, 1.165) is 24.4 Å². The molecule has 0 aliphatic carbocycles. The highest BCUT2D eigenvalue weighted by Crippen LogP contribution is 2.11. The predicted molar refractivity (Wildman–Crippen MR) is 62.1 cm³/mol. The molecule has 1 aliphatic heterocycles. The molecule has 80 valence electrons. The van der Waals surface area contributed by atoms with Crippen molar-refractivity contribution in [1.82, 2.24) is 9.88 Å². The summed E-state index contributed by atoms with van der Waals surface area (Å²) in [5.41, 5.74) is 7.62. The zero-order chi connectivity index (χ0) is 10.8. The third-order valence-corrected chi connectivity index (χ3v) is 2.63. The highest BCUT2D eigenvalue weighted by Gasteiger charge is 2.22. The molecule has 0 aromatic carbocycles. The lowest BCUT2D eigenvalue weighted by atomic mass is 10.1. The van der Waals surface area contributed by atoms with Gasteiger partial charge in [0.25, 0.3) is 0 Å². The first-order chi connectivity index (χ1) is 7.15. The van der Waals surface area contributed by atoms with Gasteiger partial charge in [0.15, 0.2) is 0 Å². The van der Waals surface area contributed by atoms with Gasteiger partial charge in [-0.25, -0.2) is 4.98 Å². The van der Waals surface area contributed by atoms with E-state index in [9.17, 15) is 0 Å². The molecule has 0 atom stereocenters. The molecule has 1 saturated heterocycles. The van der Waals surface area contributed by atoms with Crippen molar-refractivity contribution in [2.75, 3.05) is 25.9 Å². The van der Waals surface area contributed by atoms with Crippen LogP contribution in [0.15, 0.2) is 23.3 Å². The van der Waals surface area contributed by atoms with Gasteiger partial charge in [-0.2, -0.15) is 0 Å². The minimum absolute atomic E-state index is 0.451. The number of nitrogen functional groups attached to an aromatic ring is 1. The van der Waals surface area contributed by atoms with Crippen LogP contribution in [-0.2, 0) is 0 Å². The molecule has 0 bridgehead atoms. The monoisotopic (exact) mass is 204 g/mol. The second-order valence-corrected chi connectivity index (χ2v) is 4.06. The Morgan fingerprint density at radius 2 is 2.27 bits per heavy atom. The molecule has 1 fully saturated rings. The van der Waals surface area contributed by atoms with E-state index < -0.39 is 0 Å². The minimum Gasteiger partial charge on any atom is -0.384 e. The second-order valence-electron chi connectivity index (χ2n) is 4.06. The van der Waals surface area contributed by atoms with Gasteiger partial charge >= 0.3 is 0 Å². The maximum atomic E-state index is 5.53. The highest BCUT2D eigenvalue weighted by molar-refractivity contribution is 5.98. The van der Waals surface area contributed by atoms with E-state index in [0.29, 0.717) is 11.9 Å². The van der Waals surface area contributed by atoms with Gasteiger partial charge in [-0.3, -0.25) is 4.99 Å². The fourth-order valence-corrected chi connectivity index (χ4v) is 1.72. The SMILES string of the molecule is CC(=NC1CN(C)C1)c1ccc(N)nc1. The standard InChI is InChI=1S/C11H16N4/c1-8(14-10-6-15(2)7-10)9-3-4-11(12)13-5-9/h3-5,10H,6-7H2,1-2H3,(H2,12,13). The number of nitrogens with zero attached hydrogens (tertiary/aromatic N) is 3. The van der Waals surface area contributed by atoms with Crippen LogP contribution in [0, 0.1) is 0 Å². The summed E-state index contributed by atoms with van der Waals surface area (Å²) >= 11 is 0. The largest absolute Gasteiger partial charge is 0.384 e. The van der Waals surface area contributed by atoms with Gasteiger partial charge in [-0.05, 0) is 26.1 Å². The summed E-state index contributed by atoms with van der Waals surface area (Å²) in [5, 5.41) is 0. The Bertz CT molecular complexity index is 363. The van der Waals surface area contributed by atoms with E-state index in [4.69, 9.17) is 5.73 Å². The summed E-state index contributed by atoms with van der Waals surface area (Å²) in [5.74, 6) is 0.551. The lowest BCUT2D eigenvalue weighted by molar-refractivity contribution is 0.194. The number of pyridine rings is 1. The summed E-state index contributed by atoms with van der Waals surface area (Å²) in [4.78, 5) is 10.9. The van der Waals surface area contributed by atoms with Crippen molar-refractivity contribution < 1.29 is 0 Å². The summed E-state index contributed by atoms with van der Waals surface area (Å²) in [6.07, 6.45) is 1.77. The molecule has 1 aromatic rings. The predicted octanol–water partition coefficient (Wildman–Crippen LogP) is 0.787. The molecule has 2 rings (SSSR count). The van der Waals surface area contributed by atoms with E-state index in [1.807, 2.05) is 13.0 Å². The Balaban J connectivity index is 2.07. The van der Waals surface area contributed by atoms with Crippen LogP contribution in [0.25, 0.3) is 0 Å². The molecule has 0 spiro atoms. The molecule has 2 heterocycles. The van der Waals surface area contributed by atoms with Crippen molar-refractivity contribution >= 4 is 11.5 Å². The van der Waals surface area contributed by atoms with E-state index in [2.05, 4.69) is 21.9 Å². The van der Waals surface area contributed by atoms with Crippen molar-refractivity contribution in [3.05, 3.63) is 23.9 Å². The molecule has 0 amide bonds. The van der Waals surface area contributed by atoms with Gasteiger partial charge in [-0.15, -0.1) is 0 Å². The summed E-state index contributed by atoms with van der Waals surface area (Å²) < 4.78 is 0. The Hall–Kier alpha value is -1.42. The van der Waals surface area contributed by atoms with Crippen LogP contribution in [0.3, 0.4) is 0 Å². The number of aromatic nitrogens is 1. The fraction of sp³-hybridized carbons (Fsp3) is 0.455. The number of likely N-dealkylation sites (tertiary alicyclic amines) is 1. The van der Waals surface area contributed by atoms with Crippen LogP contribution < -0.4 is 5.73 Å². The topological polar surface area (TPSA) is 54.5 Å². The Morgan fingerprint density at radius 3 is 2.80 bits per heavy atom. The summed E-state index contributed by atoms with van der Waals surface area (Å²) in [7, 11) is 2.10. The average molecular weight is 204 g/mol. The van der Waals surface area contributed by atoms with E-state index in [1.54, 1.807) is 12.3 Å². The van der Waals surface area contributed by atoms with Gasteiger partial charge in [0.05, 0.1) is 6.04 Å². The third-order valence-electron chi connectivity index (χ3n) is 2.63. The van der Waals surface area contributed by atoms with Gasteiger partial charge in [0, 0.05) is 30.6 Å².